The van der Waals surface area contributed by atoms with Crippen LogP contribution >= 0.6 is 0 Å². The molecule has 3 aromatic carbocycles. The van der Waals surface area contributed by atoms with E-state index in [1.54, 1.807) is 19.1 Å². The standard InChI is InChI=1S/C23H22N2O4/c1-15(2)22(27)29-13-12-24-23(28)25-21-14-17(26)10-11-20(21)19-9-5-7-16-6-3-4-8-18(16)19/h3-11,14,26H,1,12-13H2,2H3,(H2,24,25,28). The Labute approximate surface area is 168 Å². The number of hydrogen-bond donors (Lipinski definition) is 3. The number of amides is 2. The van der Waals surface area contributed by atoms with Crippen molar-refractivity contribution in [2.75, 3.05) is 18.5 Å². The molecule has 6 nitrogen and oxygen atoms in total. The molecule has 148 valence electrons. The number of fused-ring (bicyclic) bond motifs is 1. The minimum atomic E-state index is -0.501. The lowest BCUT2D eigenvalue weighted by Gasteiger charge is -2.14. The maximum atomic E-state index is 12.3. The molecule has 0 heterocycles. The highest BCUT2D eigenvalue weighted by molar-refractivity contribution is 6.02. The molecule has 0 saturated carbocycles. The molecule has 0 radical (unpaired) electrons. The largest absolute Gasteiger partial charge is 0.508 e. The van der Waals surface area contributed by atoms with Crippen molar-refractivity contribution in [3.05, 3.63) is 72.8 Å². The third kappa shape index (κ3) is 4.93. The molecule has 29 heavy (non-hydrogen) atoms. The number of phenols is 1. The minimum Gasteiger partial charge on any atom is -0.508 e. The first-order chi connectivity index (χ1) is 14.0. The van der Waals surface area contributed by atoms with Gasteiger partial charge in [0.2, 0.25) is 0 Å². The van der Waals surface area contributed by atoms with Crippen LogP contribution in [0.2, 0.25) is 0 Å². The number of rotatable bonds is 6. The van der Waals surface area contributed by atoms with Crippen LogP contribution < -0.4 is 10.6 Å². The molecule has 0 bridgehead atoms. The van der Waals surface area contributed by atoms with E-state index in [4.69, 9.17) is 4.74 Å². The zero-order valence-electron chi connectivity index (χ0n) is 16.1. The van der Waals surface area contributed by atoms with Crippen molar-refractivity contribution >= 4 is 28.5 Å². The minimum absolute atomic E-state index is 0.0370. The molecule has 0 atom stereocenters. The van der Waals surface area contributed by atoms with Crippen molar-refractivity contribution in [1.82, 2.24) is 5.32 Å². The van der Waals surface area contributed by atoms with E-state index in [1.165, 1.54) is 6.07 Å². The van der Waals surface area contributed by atoms with Gasteiger partial charge >= 0.3 is 12.0 Å². The summed E-state index contributed by atoms with van der Waals surface area (Å²) in [6, 6.07) is 18.3. The zero-order valence-corrected chi connectivity index (χ0v) is 16.1. The van der Waals surface area contributed by atoms with Gasteiger partial charge < -0.3 is 20.5 Å². The molecule has 0 saturated heterocycles. The van der Waals surface area contributed by atoms with Crippen LogP contribution in [0.25, 0.3) is 21.9 Å². The number of hydrogen-bond acceptors (Lipinski definition) is 4. The van der Waals surface area contributed by atoms with Crippen molar-refractivity contribution in [1.29, 1.82) is 0 Å². The van der Waals surface area contributed by atoms with Crippen molar-refractivity contribution in [2.24, 2.45) is 0 Å². The Kier molecular flexibility index (Phi) is 6.14. The summed E-state index contributed by atoms with van der Waals surface area (Å²) in [5.74, 6) is -0.460. The number of aromatic hydroxyl groups is 1. The molecule has 0 unspecified atom stereocenters. The fraction of sp³-hybridized carbons (Fsp3) is 0.130. The normalized spacial score (nSPS) is 10.4. The average molecular weight is 390 g/mol. The molecule has 0 aliphatic heterocycles. The number of phenolic OH excluding ortho intramolecular Hbond substituents is 1. The second-order valence-corrected chi connectivity index (χ2v) is 6.55. The van der Waals surface area contributed by atoms with Crippen molar-refractivity contribution in [3.8, 4) is 16.9 Å². The summed E-state index contributed by atoms with van der Waals surface area (Å²) in [5.41, 5.74) is 2.49. The van der Waals surface area contributed by atoms with Crippen LogP contribution in [-0.2, 0) is 9.53 Å². The average Bonchev–Trinajstić information content (AvgIpc) is 2.71. The van der Waals surface area contributed by atoms with E-state index in [-0.39, 0.29) is 18.9 Å². The third-order valence-corrected chi connectivity index (χ3v) is 4.30. The smallest absolute Gasteiger partial charge is 0.333 e. The maximum Gasteiger partial charge on any atom is 0.333 e. The second-order valence-electron chi connectivity index (χ2n) is 6.55. The fourth-order valence-corrected chi connectivity index (χ4v) is 2.93. The van der Waals surface area contributed by atoms with Crippen LogP contribution in [0.1, 0.15) is 6.92 Å². The topological polar surface area (TPSA) is 87.7 Å². The quantitative estimate of drug-likeness (QED) is 0.330. The van der Waals surface area contributed by atoms with E-state index in [9.17, 15) is 14.7 Å². The van der Waals surface area contributed by atoms with E-state index in [2.05, 4.69) is 17.2 Å². The van der Waals surface area contributed by atoms with Crippen molar-refractivity contribution in [3.63, 3.8) is 0 Å². The van der Waals surface area contributed by atoms with Crippen LogP contribution in [0.3, 0.4) is 0 Å². The molecule has 2 amide bonds. The molecular formula is C23H22N2O4. The van der Waals surface area contributed by atoms with Gasteiger partial charge in [-0.25, -0.2) is 9.59 Å². The summed E-state index contributed by atoms with van der Waals surface area (Å²) < 4.78 is 4.94. The molecule has 6 heteroatoms. The lowest BCUT2D eigenvalue weighted by atomic mass is 9.97. The predicted molar refractivity (Wildman–Crippen MR) is 114 cm³/mol. The molecule has 3 rings (SSSR count). The molecule has 0 aliphatic carbocycles. The van der Waals surface area contributed by atoms with Gasteiger partial charge in [0.25, 0.3) is 0 Å². The number of anilines is 1. The van der Waals surface area contributed by atoms with Gasteiger partial charge in [-0.15, -0.1) is 0 Å². The molecule has 0 spiro atoms. The Morgan fingerprint density at radius 2 is 1.79 bits per heavy atom. The number of nitrogens with one attached hydrogen (secondary N) is 2. The SMILES string of the molecule is C=C(C)C(=O)OCCNC(=O)Nc1cc(O)ccc1-c1cccc2ccccc12. The Bertz CT molecular complexity index is 1070. The van der Waals surface area contributed by atoms with Crippen LogP contribution in [-0.4, -0.2) is 30.3 Å². The molecule has 3 N–H and O–H groups in total. The van der Waals surface area contributed by atoms with Crippen molar-refractivity contribution in [2.45, 2.75) is 6.92 Å². The Morgan fingerprint density at radius 1 is 1.03 bits per heavy atom. The Balaban J connectivity index is 1.76. The third-order valence-electron chi connectivity index (χ3n) is 4.30. The van der Waals surface area contributed by atoms with Crippen LogP contribution in [0.5, 0.6) is 5.75 Å². The highest BCUT2D eigenvalue weighted by Gasteiger charge is 2.12. The number of esters is 1. The number of carbonyl (C=O) groups is 2. The molecule has 0 aromatic heterocycles. The number of carbonyl (C=O) groups excluding carboxylic acids is 2. The van der Waals surface area contributed by atoms with Gasteiger partial charge in [0.05, 0.1) is 12.2 Å². The molecule has 0 aliphatic rings. The summed E-state index contributed by atoms with van der Waals surface area (Å²) in [6.07, 6.45) is 0. The Hall–Kier alpha value is -3.80. The highest BCUT2D eigenvalue weighted by Crippen LogP contribution is 2.35. The first-order valence-corrected chi connectivity index (χ1v) is 9.14. The first kappa shape index (κ1) is 19.9. The van der Waals surface area contributed by atoms with Gasteiger partial charge in [0.1, 0.15) is 12.4 Å². The monoisotopic (exact) mass is 390 g/mol. The van der Waals surface area contributed by atoms with Crippen molar-refractivity contribution < 1.29 is 19.4 Å². The number of ether oxygens (including phenoxy) is 1. The van der Waals surface area contributed by atoms with Gasteiger partial charge in [-0.2, -0.15) is 0 Å². The number of urea groups is 1. The van der Waals surface area contributed by atoms with E-state index >= 15 is 0 Å². The summed E-state index contributed by atoms with van der Waals surface area (Å²) in [6.45, 7) is 5.23. The lowest BCUT2D eigenvalue weighted by Crippen LogP contribution is -2.32. The van der Waals surface area contributed by atoms with Gasteiger partial charge in [-0.05, 0) is 35.4 Å². The van der Waals surface area contributed by atoms with Gasteiger partial charge in [0.15, 0.2) is 0 Å². The van der Waals surface area contributed by atoms with E-state index in [1.807, 2.05) is 42.5 Å². The van der Waals surface area contributed by atoms with Crippen LogP contribution in [0, 0.1) is 0 Å². The fourth-order valence-electron chi connectivity index (χ4n) is 2.93. The van der Waals surface area contributed by atoms with Crippen LogP contribution in [0.4, 0.5) is 10.5 Å². The lowest BCUT2D eigenvalue weighted by molar-refractivity contribution is -0.138. The van der Waals surface area contributed by atoms with Crippen LogP contribution in [0.15, 0.2) is 72.8 Å². The summed E-state index contributed by atoms with van der Waals surface area (Å²) in [5, 5.41) is 17.4. The maximum absolute atomic E-state index is 12.3. The van der Waals surface area contributed by atoms with Gasteiger partial charge in [-0.1, -0.05) is 49.0 Å². The van der Waals surface area contributed by atoms with Gasteiger partial charge in [-0.3, -0.25) is 0 Å². The molecule has 0 fully saturated rings. The summed E-state index contributed by atoms with van der Waals surface area (Å²) >= 11 is 0. The number of benzene rings is 3. The first-order valence-electron chi connectivity index (χ1n) is 9.14. The summed E-state index contributed by atoms with van der Waals surface area (Å²) in [7, 11) is 0. The zero-order chi connectivity index (χ0) is 20.8. The highest BCUT2D eigenvalue weighted by atomic mass is 16.5. The molecular weight excluding hydrogens is 368 g/mol. The van der Waals surface area contributed by atoms with E-state index in [0.29, 0.717) is 11.3 Å². The molecule has 3 aromatic rings. The van der Waals surface area contributed by atoms with E-state index in [0.717, 1.165) is 21.9 Å². The van der Waals surface area contributed by atoms with Gasteiger partial charge in [0, 0.05) is 17.2 Å². The second kappa shape index (κ2) is 8.93. The predicted octanol–water partition coefficient (Wildman–Crippen LogP) is 4.45. The summed E-state index contributed by atoms with van der Waals surface area (Å²) in [4.78, 5) is 23.6. The Morgan fingerprint density at radius 3 is 2.59 bits per heavy atom. The van der Waals surface area contributed by atoms with E-state index < -0.39 is 12.0 Å².